The molecule has 0 aliphatic heterocycles. The molecular formula is C26H30N4O4S2. The fraction of sp³-hybridized carbons (Fsp3) is 0.269. The summed E-state index contributed by atoms with van der Waals surface area (Å²) in [6.45, 7) is 6.52. The zero-order chi connectivity index (χ0) is 26.1. The van der Waals surface area contributed by atoms with Crippen LogP contribution in [0.1, 0.15) is 55.4 Å². The minimum absolute atomic E-state index is 0.0572. The Hall–Kier alpha value is -3.50. The van der Waals surface area contributed by atoms with Gasteiger partial charge in [0.15, 0.2) is 10.8 Å². The SMILES string of the molecule is CCCCNC(=S)NS(=O)(=O)c1ccc(-n2nc(C(=O)OCC)cc2/C(C)=C/c2ccccc2)cc1. The molecule has 0 radical (unpaired) electrons. The standard InChI is InChI=1S/C26H30N4O4S2/c1-4-6-16-27-26(35)29-36(32,33)22-14-12-21(13-15-22)30-24(18-23(28-30)25(31)34-5-2)19(3)17-20-10-8-7-9-11-20/h7-15,17-18H,4-6,16H2,1-3H3,(H2,27,29,35)/b19-17+. The average Bonchev–Trinajstić information content (AvgIpc) is 3.31. The number of benzene rings is 2. The van der Waals surface area contributed by atoms with E-state index in [1.54, 1.807) is 29.8 Å². The summed E-state index contributed by atoms with van der Waals surface area (Å²) in [5.74, 6) is -0.530. The lowest BCUT2D eigenvalue weighted by Crippen LogP contribution is -2.39. The van der Waals surface area contributed by atoms with E-state index < -0.39 is 16.0 Å². The summed E-state index contributed by atoms with van der Waals surface area (Å²) in [6.07, 6.45) is 3.84. The van der Waals surface area contributed by atoms with Crippen LogP contribution in [0.4, 0.5) is 0 Å². The molecule has 190 valence electrons. The molecule has 1 aromatic heterocycles. The third kappa shape index (κ3) is 7.02. The number of carbonyl (C=O) groups is 1. The lowest BCUT2D eigenvalue weighted by Gasteiger charge is -2.12. The number of aromatic nitrogens is 2. The molecule has 0 aliphatic rings. The molecule has 0 fully saturated rings. The van der Waals surface area contributed by atoms with Crippen molar-refractivity contribution in [3.63, 3.8) is 0 Å². The van der Waals surface area contributed by atoms with E-state index in [1.807, 2.05) is 50.3 Å². The van der Waals surface area contributed by atoms with Crippen molar-refractivity contribution < 1.29 is 17.9 Å². The van der Waals surface area contributed by atoms with E-state index in [9.17, 15) is 13.2 Å². The number of thiocarbonyl (C=S) groups is 1. The van der Waals surface area contributed by atoms with Crippen molar-refractivity contribution in [2.75, 3.05) is 13.2 Å². The topological polar surface area (TPSA) is 102 Å². The number of allylic oxidation sites excluding steroid dienone is 1. The number of carbonyl (C=O) groups excluding carboxylic acids is 1. The van der Waals surface area contributed by atoms with Gasteiger partial charge in [0.25, 0.3) is 10.0 Å². The third-order valence-corrected chi connectivity index (χ3v) is 6.96. The predicted octanol–water partition coefficient (Wildman–Crippen LogP) is 4.56. The van der Waals surface area contributed by atoms with Crippen LogP contribution in [0.2, 0.25) is 0 Å². The van der Waals surface area contributed by atoms with E-state index in [2.05, 4.69) is 15.1 Å². The molecule has 8 nitrogen and oxygen atoms in total. The lowest BCUT2D eigenvalue weighted by atomic mass is 10.1. The zero-order valence-electron chi connectivity index (χ0n) is 20.5. The molecule has 0 aliphatic carbocycles. The Morgan fingerprint density at radius 3 is 2.44 bits per heavy atom. The summed E-state index contributed by atoms with van der Waals surface area (Å²) in [6, 6.07) is 17.6. The fourth-order valence-corrected chi connectivity index (χ4v) is 4.76. The highest BCUT2D eigenvalue weighted by atomic mass is 32.2. The Bertz CT molecular complexity index is 1330. The number of ether oxygens (including phenoxy) is 1. The number of nitrogens with one attached hydrogen (secondary N) is 2. The van der Waals surface area contributed by atoms with Gasteiger partial charge in [-0.25, -0.2) is 17.9 Å². The first kappa shape index (κ1) is 27.1. The minimum atomic E-state index is -3.85. The van der Waals surface area contributed by atoms with Crippen LogP contribution in [0.25, 0.3) is 17.3 Å². The average molecular weight is 527 g/mol. The number of sulfonamides is 1. The predicted molar refractivity (Wildman–Crippen MR) is 145 cm³/mol. The van der Waals surface area contributed by atoms with Gasteiger partial charge in [0, 0.05) is 6.54 Å². The summed E-state index contributed by atoms with van der Waals surface area (Å²) >= 11 is 5.10. The van der Waals surface area contributed by atoms with Crippen molar-refractivity contribution in [1.82, 2.24) is 19.8 Å². The Balaban J connectivity index is 1.92. The van der Waals surface area contributed by atoms with Gasteiger partial charge in [-0.2, -0.15) is 5.10 Å². The highest BCUT2D eigenvalue weighted by molar-refractivity contribution is 7.91. The number of unbranched alkanes of at least 4 members (excludes halogenated alkanes) is 1. The fourth-order valence-electron chi connectivity index (χ4n) is 3.40. The summed E-state index contributed by atoms with van der Waals surface area (Å²) < 4.78 is 34.6. The number of nitrogens with zero attached hydrogens (tertiary/aromatic N) is 2. The molecule has 36 heavy (non-hydrogen) atoms. The van der Waals surface area contributed by atoms with Gasteiger partial charge in [0.05, 0.1) is 22.9 Å². The number of esters is 1. The highest BCUT2D eigenvalue weighted by Gasteiger charge is 2.19. The summed E-state index contributed by atoms with van der Waals surface area (Å²) in [5.41, 5.74) is 3.29. The minimum Gasteiger partial charge on any atom is -0.461 e. The van der Waals surface area contributed by atoms with Crippen LogP contribution in [-0.2, 0) is 14.8 Å². The van der Waals surface area contributed by atoms with E-state index >= 15 is 0 Å². The summed E-state index contributed by atoms with van der Waals surface area (Å²) in [7, 11) is -3.85. The molecule has 0 saturated heterocycles. The van der Waals surface area contributed by atoms with Crippen molar-refractivity contribution in [3.8, 4) is 5.69 Å². The summed E-state index contributed by atoms with van der Waals surface area (Å²) in [5, 5.41) is 7.39. The molecule has 0 spiro atoms. The molecule has 2 aromatic carbocycles. The van der Waals surface area contributed by atoms with Crippen LogP contribution in [-0.4, -0.2) is 42.4 Å². The van der Waals surface area contributed by atoms with Crippen LogP contribution in [0.15, 0.2) is 65.6 Å². The van der Waals surface area contributed by atoms with Crippen LogP contribution >= 0.6 is 12.2 Å². The second-order valence-electron chi connectivity index (χ2n) is 7.99. The first-order valence-electron chi connectivity index (χ1n) is 11.7. The lowest BCUT2D eigenvalue weighted by molar-refractivity contribution is 0.0519. The monoisotopic (exact) mass is 526 g/mol. The summed E-state index contributed by atoms with van der Waals surface area (Å²) in [4.78, 5) is 12.4. The van der Waals surface area contributed by atoms with Gasteiger partial charge in [-0.1, -0.05) is 43.7 Å². The molecule has 10 heteroatoms. The quantitative estimate of drug-likeness (QED) is 0.227. The van der Waals surface area contributed by atoms with E-state index in [0.717, 1.165) is 24.0 Å². The van der Waals surface area contributed by atoms with Crippen molar-refractivity contribution in [3.05, 3.63) is 77.6 Å². The third-order valence-electron chi connectivity index (χ3n) is 5.22. The van der Waals surface area contributed by atoms with E-state index in [4.69, 9.17) is 17.0 Å². The molecule has 3 aromatic rings. The number of rotatable bonds is 10. The highest BCUT2D eigenvalue weighted by Crippen LogP contribution is 2.24. The first-order chi connectivity index (χ1) is 17.2. The molecule has 0 amide bonds. The normalized spacial score (nSPS) is 11.7. The van der Waals surface area contributed by atoms with Gasteiger partial charge in [-0.05, 0) is 80.0 Å². The molecule has 1 heterocycles. The van der Waals surface area contributed by atoms with Gasteiger partial charge >= 0.3 is 5.97 Å². The maximum absolute atomic E-state index is 12.7. The molecule has 2 N–H and O–H groups in total. The van der Waals surface area contributed by atoms with Gasteiger partial charge in [-0.15, -0.1) is 0 Å². The molecule has 0 bridgehead atoms. The molecule has 0 saturated carbocycles. The van der Waals surface area contributed by atoms with E-state index in [1.165, 1.54) is 12.1 Å². The van der Waals surface area contributed by atoms with Crippen molar-refractivity contribution in [1.29, 1.82) is 0 Å². The zero-order valence-corrected chi connectivity index (χ0v) is 22.2. The second-order valence-corrected chi connectivity index (χ2v) is 10.1. The van der Waals surface area contributed by atoms with Crippen LogP contribution in [0.3, 0.4) is 0 Å². The largest absolute Gasteiger partial charge is 0.461 e. The van der Waals surface area contributed by atoms with Crippen molar-refractivity contribution in [2.24, 2.45) is 0 Å². The Kier molecular flexibility index (Phi) is 9.38. The molecular weight excluding hydrogens is 496 g/mol. The second kappa shape index (κ2) is 12.5. The smallest absolute Gasteiger partial charge is 0.358 e. The number of hydrogen-bond donors (Lipinski definition) is 2. The maximum Gasteiger partial charge on any atom is 0.358 e. The van der Waals surface area contributed by atoms with Crippen LogP contribution < -0.4 is 10.0 Å². The molecule has 0 atom stereocenters. The first-order valence-corrected chi connectivity index (χ1v) is 13.6. The van der Waals surface area contributed by atoms with E-state index in [-0.39, 0.29) is 22.3 Å². The van der Waals surface area contributed by atoms with Gasteiger partial charge < -0.3 is 10.1 Å². The Morgan fingerprint density at radius 2 is 1.81 bits per heavy atom. The van der Waals surface area contributed by atoms with Gasteiger partial charge in [0.2, 0.25) is 0 Å². The van der Waals surface area contributed by atoms with Crippen molar-refractivity contribution >= 4 is 45.0 Å². The van der Waals surface area contributed by atoms with Gasteiger partial charge in [0.1, 0.15) is 0 Å². The number of hydrogen-bond acceptors (Lipinski definition) is 6. The van der Waals surface area contributed by atoms with Gasteiger partial charge in [-0.3, -0.25) is 4.72 Å². The van der Waals surface area contributed by atoms with Crippen LogP contribution in [0, 0.1) is 0 Å². The van der Waals surface area contributed by atoms with Crippen molar-refractivity contribution in [2.45, 2.75) is 38.5 Å². The maximum atomic E-state index is 12.7. The Morgan fingerprint density at radius 1 is 1.11 bits per heavy atom. The molecule has 0 unspecified atom stereocenters. The van der Waals surface area contributed by atoms with Crippen LogP contribution in [0.5, 0.6) is 0 Å². The molecule has 3 rings (SSSR count). The Labute approximate surface area is 217 Å². The van der Waals surface area contributed by atoms with E-state index in [0.29, 0.717) is 17.9 Å².